The molecule has 0 saturated heterocycles. The van der Waals surface area contributed by atoms with Crippen LogP contribution in [0.3, 0.4) is 0 Å². The van der Waals surface area contributed by atoms with Gasteiger partial charge >= 0.3 is 5.76 Å². The second-order valence-corrected chi connectivity index (χ2v) is 4.08. The smallest absolute Gasteiger partial charge is 0.296 e. The van der Waals surface area contributed by atoms with Crippen molar-refractivity contribution in [1.29, 1.82) is 0 Å². The molecule has 6 nitrogen and oxygen atoms in total. The molecule has 0 fully saturated rings. The molecule has 1 N–H and O–H groups in total. The van der Waals surface area contributed by atoms with E-state index < -0.39 is 5.76 Å². The molecule has 0 aliphatic heterocycles. The van der Waals surface area contributed by atoms with Gasteiger partial charge in [-0.1, -0.05) is 5.16 Å². The highest BCUT2D eigenvalue weighted by Crippen LogP contribution is 2.26. The number of hydrogen-bond donors (Lipinski definition) is 1. The first kappa shape index (κ1) is 9.91. The van der Waals surface area contributed by atoms with E-state index in [0.29, 0.717) is 11.5 Å². The number of nitrogens with one attached hydrogen (secondary N) is 1. The van der Waals surface area contributed by atoms with E-state index in [1.165, 1.54) is 11.3 Å². The minimum Gasteiger partial charge on any atom is -0.296 e. The number of hydrogen-bond acceptors (Lipinski definition) is 6. The number of pyridine rings is 1. The van der Waals surface area contributed by atoms with E-state index in [4.69, 9.17) is 0 Å². The number of thiazole rings is 1. The molecule has 0 aliphatic carbocycles. The van der Waals surface area contributed by atoms with E-state index in [-0.39, 0.29) is 0 Å². The van der Waals surface area contributed by atoms with Crippen LogP contribution in [0.25, 0.3) is 22.1 Å². The van der Waals surface area contributed by atoms with Crippen molar-refractivity contribution in [3.8, 4) is 22.1 Å². The predicted molar refractivity (Wildman–Crippen MR) is 61.5 cm³/mol. The molecule has 0 saturated carbocycles. The van der Waals surface area contributed by atoms with Crippen LogP contribution in [-0.2, 0) is 0 Å². The maximum absolute atomic E-state index is 10.8. The Kier molecular flexibility index (Phi) is 2.30. The van der Waals surface area contributed by atoms with E-state index in [1.54, 1.807) is 17.8 Å². The van der Waals surface area contributed by atoms with Gasteiger partial charge in [0, 0.05) is 23.3 Å². The highest BCUT2D eigenvalue weighted by molar-refractivity contribution is 7.13. The highest BCUT2D eigenvalue weighted by Gasteiger charge is 2.10. The summed E-state index contributed by atoms with van der Waals surface area (Å²) in [6.45, 7) is 0. The molecule has 0 atom stereocenters. The zero-order chi connectivity index (χ0) is 11.7. The Balaban J connectivity index is 2.01. The molecule has 0 aliphatic rings. The first-order valence-corrected chi connectivity index (χ1v) is 5.63. The lowest BCUT2D eigenvalue weighted by molar-refractivity contribution is 0.388. The van der Waals surface area contributed by atoms with Crippen LogP contribution >= 0.6 is 11.3 Å². The Morgan fingerprint density at radius 3 is 3.06 bits per heavy atom. The minimum atomic E-state index is -0.587. The van der Waals surface area contributed by atoms with Crippen molar-refractivity contribution in [2.24, 2.45) is 0 Å². The van der Waals surface area contributed by atoms with Gasteiger partial charge in [0.25, 0.3) is 0 Å². The number of H-pyrrole nitrogens is 1. The summed E-state index contributed by atoms with van der Waals surface area (Å²) in [5, 5.41) is 6.20. The van der Waals surface area contributed by atoms with Gasteiger partial charge in [-0.15, -0.1) is 11.3 Å². The van der Waals surface area contributed by atoms with Gasteiger partial charge in [-0.3, -0.25) is 14.5 Å². The van der Waals surface area contributed by atoms with Crippen molar-refractivity contribution in [1.82, 2.24) is 20.1 Å². The van der Waals surface area contributed by atoms with Gasteiger partial charge in [-0.2, -0.15) is 0 Å². The molecule has 0 aromatic carbocycles. The third-order valence-electron chi connectivity index (χ3n) is 2.10. The largest absolute Gasteiger partial charge is 0.439 e. The zero-order valence-electron chi connectivity index (χ0n) is 8.45. The van der Waals surface area contributed by atoms with Gasteiger partial charge < -0.3 is 0 Å². The number of rotatable bonds is 2. The van der Waals surface area contributed by atoms with Crippen LogP contribution in [0.15, 0.2) is 39.2 Å². The van der Waals surface area contributed by atoms with Crippen LogP contribution in [0.5, 0.6) is 0 Å². The maximum Gasteiger partial charge on any atom is 0.439 e. The fraction of sp³-hybridized carbons (Fsp3) is 0. The average Bonchev–Trinajstić information content (AvgIpc) is 2.98. The average molecular weight is 246 g/mol. The van der Waals surface area contributed by atoms with E-state index >= 15 is 0 Å². The molecule has 7 heteroatoms. The molecular weight excluding hydrogens is 240 g/mol. The van der Waals surface area contributed by atoms with Crippen LogP contribution in [0.2, 0.25) is 0 Å². The van der Waals surface area contributed by atoms with Crippen molar-refractivity contribution in [2.45, 2.75) is 0 Å². The zero-order valence-corrected chi connectivity index (χ0v) is 9.27. The third-order valence-corrected chi connectivity index (χ3v) is 2.99. The molecule has 0 amide bonds. The molecule has 0 radical (unpaired) electrons. The molecule has 3 rings (SSSR count). The summed E-state index contributed by atoms with van der Waals surface area (Å²) in [5.41, 5.74) is 1.51. The van der Waals surface area contributed by atoms with Crippen molar-refractivity contribution in [2.75, 3.05) is 0 Å². The van der Waals surface area contributed by atoms with E-state index in [1.807, 2.05) is 12.1 Å². The Bertz CT molecular complexity index is 685. The lowest BCUT2D eigenvalue weighted by Gasteiger charge is -1.92. The lowest BCUT2D eigenvalue weighted by Crippen LogP contribution is -1.94. The lowest BCUT2D eigenvalue weighted by atomic mass is 10.3. The van der Waals surface area contributed by atoms with Crippen molar-refractivity contribution in [3.05, 3.63) is 40.5 Å². The van der Waals surface area contributed by atoms with Crippen LogP contribution in [0, 0.1) is 0 Å². The molecule has 84 valence electrons. The van der Waals surface area contributed by atoms with Crippen LogP contribution in [0.1, 0.15) is 0 Å². The number of aromatic nitrogens is 4. The Morgan fingerprint density at radius 1 is 1.41 bits per heavy atom. The molecule has 3 heterocycles. The summed E-state index contributed by atoms with van der Waals surface area (Å²) < 4.78 is 4.43. The van der Waals surface area contributed by atoms with Gasteiger partial charge in [-0.25, -0.2) is 9.78 Å². The molecule has 3 aromatic rings. The second kappa shape index (κ2) is 3.95. The van der Waals surface area contributed by atoms with Crippen molar-refractivity contribution in [3.63, 3.8) is 0 Å². The maximum atomic E-state index is 10.8. The molecular formula is C10H6N4O2S. The van der Waals surface area contributed by atoms with Gasteiger partial charge in [-0.05, 0) is 12.1 Å². The topological polar surface area (TPSA) is 84.7 Å². The van der Waals surface area contributed by atoms with Crippen LogP contribution in [-0.4, -0.2) is 20.1 Å². The summed E-state index contributed by atoms with van der Waals surface area (Å²) in [6.07, 6.45) is 3.43. The van der Waals surface area contributed by atoms with Crippen molar-refractivity contribution < 1.29 is 4.52 Å². The molecule has 0 unspecified atom stereocenters. The Labute approximate surface area is 99.0 Å². The van der Waals surface area contributed by atoms with E-state index in [2.05, 4.69) is 24.6 Å². The summed E-state index contributed by atoms with van der Waals surface area (Å²) in [4.78, 5) is 21.6. The monoisotopic (exact) mass is 246 g/mol. The van der Waals surface area contributed by atoms with E-state index in [9.17, 15) is 4.79 Å². The van der Waals surface area contributed by atoms with Gasteiger partial charge in [0.15, 0.2) is 0 Å². The quantitative estimate of drug-likeness (QED) is 0.741. The fourth-order valence-corrected chi connectivity index (χ4v) is 2.14. The van der Waals surface area contributed by atoms with Gasteiger partial charge in [0.1, 0.15) is 10.7 Å². The fourth-order valence-electron chi connectivity index (χ4n) is 1.34. The first-order chi connectivity index (χ1) is 8.33. The summed E-state index contributed by atoms with van der Waals surface area (Å²) in [5.74, 6) is -0.252. The van der Waals surface area contributed by atoms with Crippen LogP contribution in [0.4, 0.5) is 0 Å². The summed E-state index contributed by atoms with van der Waals surface area (Å²) >= 11 is 1.45. The standard InChI is InChI=1S/C10H6N4O2S/c15-10-13-8(14-16-10)7-5-17-9(12-7)6-2-1-3-11-4-6/h1-5H,(H,13,14,15). The first-order valence-electron chi connectivity index (χ1n) is 4.75. The van der Waals surface area contributed by atoms with Crippen LogP contribution < -0.4 is 5.76 Å². The molecule has 17 heavy (non-hydrogen) atoms. The molecule has 0 spiro atoms. The normalized spacial score (nSPS) is 10.6. The Hall–Kier alpha value is -2.28. The predicted octanol–water partition coefficient (Wildman–Crippen LogP) is 1.55. The SMILES string of the molecule is O=c1[nH]c(-c2csc(-c3cccnc3)n2)no1. The molecule has 0 bridgehead atoms. The van der Waals surface area contributed by atoms with E-state index in [0.717, 1.165) is 10.6 Å². The number of aromatic amines is 1. The van der Waals surface area contributed by atoms with Crippen molar-refractivity contribution >= 4 is 11.3 Å². The summed E-state index contributed by atoms with van der Waals surface area (Å²) in [6, 6.07) is 3.76. The number of nitrogens with zero attached hydrogens (tertiary/aromatic N) is 3. The minimum absolute atomic E-state index is 0.335. The van der Waals surface area contributed by atoms with Gasteiger partial charge in [0.05, 0.1) is 0 Å². The second-order valence-electron chi connectivity index (χ2n) is 3.22. The molecule has 3 aromatic heterocycles. The third kappa shape index (κ3) is 1.87. The summed E-state index contributed by atoms with van der Waals surface area (Å²) in [7, 11) is 0. The Morgan fingerprint density at radius 2 is 2.35 bits per heavy atom. The highest BCUT2D eigenvalue weighted by atomic mass is 32.1. The van der Waals surface area contributed by atoms with Gasteiger partial charge in [0.2, 0.25) is 5.82 Å².